The second-order valence-corrected chi connectivity index (χ2v) is 5.45. The van der Waals surface area contributed by atoms with E-state index in [0.29, 0.717) is 22.9 Å². The van der Waals surface area contributed by atoms with Crippen molar-refractivity contribution in [1.29, 1.82) is 0 Å². The highest BCUT2D eigenvalue weighted by molar-refractivity contribution is 9.10. The van der Waals surface area contributed by atoms with Crippen molar-refractivity contribution in [2.75, 3.05) is 0 Å². The molecule has 0 radical (unpaired) electrons. The smallest absolute Gasteiger partial charge is 0.314 e. The van der Waals surface area contributed by atoms with Crippen LogP contribution in [0.2, 0.25) is 0 Å². The Hall–Kier alpha value is -0.900. The Labute approximate surface area is 108 Å². The lowest BCUT2D eigenvalue weighted by Crippen LogP contribution is -2.42. The number of rotatable bonds is 3. The van der Waals surface area contributed by atoms with Gasteiger partial charge < -0.3 is 5.11 Å². The summed E-state index contributed by atoms with van der Waals surface area (Å²) in [6, 6.07) is 5.16. The number of hydrogen-bond acceptors (Lipinski definition) is 1. The zero-order chi connectivity index (χ0) is 12.6. The van der Waals surface area contributed by atoms with Crippen molar-refractivity contribution in [2.24, 2.45) is 0 Å². The number of carboxylic acids is 1. The number of alkyl halides is 1. The molecule has 2 rings (SSSR count). The van der Waals surface area contributed by atoms with Crippen LogP contribution in [0, 0.1) is 0 Å². The first-order valence-electron chi connectivity index (χ1n) is 5.65. The SMILES string of the molecule is CC(F)c1ccc(C2(C(=O)O)CCC2)cc1Br. The van der Waals surface area contributed by atoms with Crippen molar-refractivity contribution in [3.05, 3.63) is 33.8 Å². The Bertz CT molecular complexity index is 453. The van der Waals surface area contributed by atoms with Gasteiger partial charge in [-0.2, -0.15) is 0 Å². The molecule has 1 aromatic rings. The first-order valence-corrected chi connectivity index (χ1v) is 6.44. The largest absolute Gasteiger partial charge is 0.481 e. The van der Waals surface area contributed by atoms with Crippen molar-refractivity contribution in [1.82, 2.24) is 0 Å². The second-order valence-electron chi connectivity index (χ2n) is 4.59. The molecule has 1 aromatic carbocycles. The van der Waals surface area contributed by atoms with E-state index in [4.69, 9.17) is 0 Å². The third kappa shape index (κ3) is 1.99. The summed E-state index contributed by atoms with van der Waals surface area (Å²) in [5.41, 5.74) is 0.585. The van der Waals surface area contributed by atoms with Gasteiger partial charge >= 0.3 is 5.97 Å². The highest BCUT2D eigenvalue weighted by atomic mass is 79.9. The van der Waals surface area contributed by atoms with Gasteiger partial charge in [0.2, 0.25) is 0 Å². The highest BCUT2D eigenvalue weighted by Crippen LogP contribution is 2.45. The average Bonchev–Trinajstić information content (AvgIpc) is 2.14. The molecule has 4 heteroatoms. The van der Waals surface area contributed by atoms with E-state index >= 15 is 0 Å². The maximum atomic E-state index is 13.2. The highest BCUT2D eigenvalue weighted by Gasteiger charge is 2.46. The van der Waals surface area contributed by atoms with Gasteiger partial charge in [0.25, 0.3) is 0 Å². The molecule has 1 aliphatic carbocycles. The Balaban J connectivity index is 2.41. The normalized spacial score (nSPS) is 19.5. The second kappa shape index (κ2) is 4.41. The van der Waals surface area contributed by atoms with E-state index in [9.17, 15) is 14.3 Å². The van der Waals surface area contributed by atoms with E-state index < -0.39 is 17.6 Å². The lowest BCUT2D eigenvalue weighted by Gasteiger charge is -2.38. The van der Waals surface area contributed by atoms with Crippen molar-refractivity contribution in [3.8, 4) is 0 Å². The summed E-state index contributed by atoms with van der Waals surface area (Å²) in [7, 11) is 0. The molecule has 2 nitrogen and oxygen atoms in total. The Morgan fingerprint density at radius 2 is 2.18 bits per heavy atom. The topological polar surface area (TPSA) is 37.3 Å². The van der Waals surface area contributed by atoms with E-state index in [0.717, 1.165) is 12.0 Å². The van der Waals surface area contributed by atoms with E-state index in [1.54, 1.807) is 18.2 Å². The zero-order valence-electron chi connectivity index (χ0n) is 9.54. The average molecular weight is 301 g/mol. The fourth-order valence-corrected chi connectivity index (χ4v) is 3.00. The minimum atomic E-state index is -1.06. The molecule has 1 N–H and O–H groups in total. The van der Waals surface area contributed by atoms with Crippen molar-refractivity contribution < 1.29 is 14.3 Å². The first-order chi connectivity index (χ1) is 7.97. The minimum Gasteiger partial charge on any atom is -0.481 e. The van der Waals surface area contributed by atoms with Gasteiger partial charge in [0.05, 0.1) is 5.41 Å². The summed E-state index contributed by atoms with van der Waals surface area (Å²) in [4.78, 5) is 11.3. The molecule has 0 saturated heterocycles. The van der Waals surface area contributed by atoms with Gasteiger partial charge in [-0.15, -0.1) is 0 Å². The van der Waals surface area contributed by atoms with Gasteiger partial charge in [0, 0.05) is 4.47 Å². The van der Waals surface area contributed by atoms with E-state index in [1.165, 1.54) is 6.92 Å². The number of carboxylic acid groups (broad SMARTS) is 1. The lowest BCUT2D eigenvalue weighted by molar-refractivity contribution is -0.147. The fraction of sp³-hybridized carbons (Fsp3) is 0.462. The quantitative estimate of drug-likeness (QED) is 0.916. The molecule has 1 unspecified atom stereocenters. The molecule has 0 spiro atoms. The minimum absolute atomic E-state index is 0.564. The number of benzene rings is 1. The van der Waals surface area contributed by atoms with Crippen LogP contribution in [0.4, 0.5) is 4.39 Å². The predicted molar refractivity (Wildman–Crippen MR) is 66.8 cm³/mol. The monoisotopic (exact) mass is 300 g/mol. The van der Waals surface area contributed by atoms with E-state index in [-0.39, 0.29) is 0 Å². The molecule has 1 aliphatic rings. The van der Waals surface area contributed by atoms with Crippen molar-refractivity contribution >= 4 is 21.9 Å². The summed E-state index contributed by atoms with van der Waals surface area (Å²) in [6.07, 6.45) is 1.21. The Morgan fingerprint density at radius 3 is 2.53 bits per heavy atom. The number of carbonyl (C=O) groups is 1. The van der Waals surface area contributed by atoms with Gasteiger partial charge in [-0.05, 0) is 37.0 Å². The summed E-state index contributed by atoms with van der Waals surface area (Å²) in [5, 5.41) is 9.32. The van der Waals surface area contributed by atoms with Crippen LogP contribution in [0.15, 0.2) is 22.7 Å². The van der Waals surface area contributed by atoms with Crippen molar-refractivity contribution in [2.45, 2.75) is 37.8 Å². The molecule has 92 valence electrons. The molecular weight excluding hydrogens is 287 g/mol. The van der Waals surface area contributed by atoms with E-state index in [1.807, 2.05) is 0 Å². The van der Waals surface area contributed by atoms with Gasteiger partial charge in [0.15, 0.2) is 0 Å². The molecule has 1 saturated carbocycles. The summed E-state index contributed by atoms with van der Waals surface area (Å²) in [5.74, 6) is -0.781. The van der Waals surface area contributed by atoms with Crippen LogP contribution < -0.4 is 0 Å². The molecule has 17 heavy (non-hydrogen) atoms. The number of aliphatic carboxylic acids is 1. The number of halogens is 2. The maximum absolute atomic E-state index is 13.2. The Morgan fingerprint density at radius 1 is 1.53 bits per heavy atom. The summed E-state index contributed by atoms with van der Waals surface area (Å²) >= 11 is 3.31. The summed E-state index contributed by atoms with van der Waals surface area (Å²) < 4.78 is 13.9. The van der Waals surface area contributed by atoms with Crippen LogP contribution in [-0.2, 0) is 10.2 Å². The van der Waals surface area contributed by atoms with Crippen LogP contribution in [0.3, 0.4) is 0 Å². The van der Waals surface area contributed by atoms with Crippen LogP contribution in [0.5, 0.6) is 0 Å². The number of hydrogen-bond donors (Lipinski definition) is 1. The molecule has 0 bridgehead atoms. The third-order valence-electron chi connectivity index (χ3n) is 3.60. The lowest BCUT2D eigenvalue weighted by atomic mass is 9.64. The maximum Gasteiger partial charge on any atom is 0.314 e. The van der Waals surface area contributed by atoms with Gasteiger partial charge in [-0.25, -0.2) is 4.39 Å². The van der Waals surface area contributed by atoms with Crippen LogP contribution in [-0.4, -0.2) is 11.1 Å². The van der Waals surface area contributed by atoms with Crippen LogP contribution in [0.1, 0.15) is 43.5 Å². The fourth-order valence-electron chi connectivity index (χ4n) is 2.30. The predicted octanol–water partition coefficient (Wildman–Crippen LogP) is 3.99. The standard InChI is InChI=1S/C13H14BrFO2/c1-8(15)10-4-3-9(7-11(10)14)13(12(16)17)5-2-6-13/h3-4,7-8H,2,5-6H2,1H3,(H,16,17). The van der Waals surface area contributed by atoms with Crippen LogP contribution >= 0.6 is 15.9 Å². The Kier molecular flexibility index (Phi) is 3.25. The first kappa shape index (κ1) is 12.6. The zero-order valence-corrected chi connectivity index (χ0v) is 11.1. The van der Waals surface area contributed by atoms with E-state index in [2.05, 4.69) is 15.9 Å². The van der Waals surface area contributed by atoms with Crippen LogP contribution in [0.25, 0.3) is 0 Å². The molecule has 0 aromatic heterocycles. The van der Waals surface area contributed by atoms with Crippen molar-refractivity contribution in [3.63, 3.8) is 0 Å². The van der Waals surface area contributed by atoms with Gasteiger partial charge in [0.1, 0.15) is 6.17 Å². The van der Waals surface area contributed by atoms with Gasteiger partial charge in [-0.1, -0.05) is 34.5 Å². The molecule has 0 heterocycles. The molecule has 0 amide bonds. The van der Waals surface area contributed by atoms with Gasteiger partial charge in [-0.3, -0.25) is 4.79 Å². The molecule has 1 fully saturated rings. The molecule has 0 aliphatic heterocycles. The third-order valence-corrected chi connectivity index (χ3v) is 4.28. The molecular formula is C13H14BrFO2. The summed E-state index contributed by atoms with van der Waals surface area (Å²) in [6.45, 7) is 1.47. The molecule has 1 atom stereocenters.